The zero-order chi connectivity index (χ0) is 24.2. The number of halogens is 1. The summed E-state index contributed by atoms with van der Waals surface area (Å²) in [6, 6.07) is 15.3. The lowest BCUT2D eigenvalue weighted by molar-refractivity contribution is -0.179. The number of piperidine rings is 1. The Balaban J connectivity index is 0.00000267. The predicted octanol–water partition coefficient (Wildman–Crippen LogP) is 4.54. The summed E-state index contributed by atoms with van der Waals surface area (Å²) >= 11 is 0. The Kier molecular flexibility index (Phi) is 7.05. The van der Waals surface area contributed by atoms with Gasteiger partial charge in [0.05, 0.1) is 19.8 Å². The fraction of sp³-hybridized carbons (Fsp3) is 0.600. The molecule has 1 saturated heterocycles. The molecule has 2 bridgehead atoms. The maximum atomic E-state index is 11.9. The number of rotatable bonds is 8. The van der Waals surface area contributed by atoms with Gasteiger partial charge < -0.3 is 24.6 Å². The number of likely N-dealkylation sites (N-methyl/N-ethyl adjacent to an activating group) is 1. The van der Waals surface area contributed by atoms with Crippen LogP contribution >= 0.6 is 12.4 Å². The summed E-state index contributed by atoms with van der Waals surface area (Å²) in [7, 11) is 3.94. The SMILES string of the molecule is COc1ccc2c3c1OC1[C@H](O)[C@](CO)(CCCCCc4ccccc4)CC4C(C2)N(C)CCC341.Cl. The van der Waals surface area contributed by atoms with Crippen LogP contribution in [0.25, 0.3) is 0 Å². The number of aryl methyl sites for hydroxylation is 1. The van der Waals surface area contributed by atoms with Gasteiger partial charge in [0.2, 0.25) is 0 Å². The summed E-state index contributed by atoms with van der Waals surface area (Å²) in [5.74, 6) is 1.98. The number of benzene rings is 2. The quantitative estimate of drug-likeness (QED) is 0.507. The van der Waals surface area contributed by atoms with E-state index in [9.17, 15) is 10.2 Å². The van der Waals surface area contributed by atoms with Crippen LogP contribution in [0, 0.1) is 11.3 Å². The highest BCUT2D eigenvalue weighted by molar-refractivity contribution is 5.85. The summed E-state index contributed by atoms with van der Waals surface area (Å²) in [6.45, 7) is 1.02. The van der Waals surface area contributed by atoms with Crippen molar-refractivity contribution in [1.82, 2.24) is 4.90 Å². The van der Waals surface area contributed by atoms with Gasteiger partial charge in [0, 0.05) is 22.4 Å². The molecule has 2 aromatic carbocycles. The largest absolute Gasteiger partial charge is 0.493 e. The molecule has 2 N–H and O–H groups in total. The topological polar surface area (TPSA) is 62.2 Å². The fourth-order valence-electron chi connectivity index (χ4n) is 8.15. The number of unbranched alkanes of at least 4 members (excludes halogenated alkanes) is 2. The number of hydrogen-bond donors (Lipinski definition) is 2. The van der Waals surface area contributed by atoms with E-state index in [4.69, 9.17) is 9.47 Å². The summed E-state index contributed by atoms with van der Waals surface area (Å²) in [5, 5.41) is 22.7. The number of methoxy groups -OCH3 is 1. The van der Waals surface area contributed by atoms with Gasteiger partial charge in [-0.3, -0.25) is 0 Å². The van der Waals surface area contributed by atoms with Crippen molar-refractivity contribution < 1.29 is 19.7 Å². The minimum Gasteiger partial charge on any atom is -0.493 e. The summed E-state index contributed by atoms with van der Waals surface area (Å²) in [5.41, 5.74) is 3.32. The van der Waals surface area contributed by atoms with Gasteiger partial charge in [0.1, 0.15) is 6.10 Å². The van der Waals surface area contributed by atoms with Gasteiger partial charge in [-0.1, -0.05) is 49.2 Å². The standard InChI is InChI=1S/C30H39NO4.ClH/c1-31-16-15-30-22-18-29(19-32,14-8-4-7-11-20-9-5-3-6-10-20)27(33)28(30)35-26-24(34-2)13-12-21(25(26)30)17-23(22)31;/h3,5-6,9-10,12-13,22-23,27-28,32-33H,4,7-8,11,14-19H2,1-2H3;1H/t22?,23?,27-,28?,29+,30?;/m0./s1. The molecule has 2 aromatic rings. The summed E-state index contributed by atoms with van der Waals surface area (Å²) < 4.78 is 12.4. The van der Waals surface area contributed by atoms with Gasteiger partial charge in [0.15, 0.2) is 11.5 Å². The molecule has 6 heteroatoms. The minimum atomic E-state index is -0.690. The third-order valence-electron chi connectivity index (χ3n) is 9.98. The summed E-state index contributed by atoms with van der Waals surface area (Å²) in [6.07, 6.45) is 6.99. The molecule has 2 heterocycles. The molecule has 2 fully saturated rings. The Bertz CT molecular complexity index is 1080. The smallest absolute Gasteiger partial charge is 0.165 e. The van der Waals surface area contributed by atoms with Crippen LogP contribution in [0.3, 0.4) is 0 Å². The molecule has 0 aromatic heterocycles. The molecule has 2 aliphatic heterocycles. The van der Waals surface area contributed by atoms with E-state index >= 15 is 0 Å². The lowest BCUT2D eigenvalue weighted by Crippen LogP contribution is -2.70. The van der Waals surface area contributed by atoms with Crippen molar-refractivity contribution in [3.63, 3.8) is 0 Å². The van der Waals surface area contributed by atoms with Crippen LogP contribution in [0.4, 0.5) is 0 Å². The highest BCUT2D eigenvalue weighted by Gasteiger charge is 2.69. The predicted molar refractivity (Wildman–Crippen MR) is 143 cm³/mol. The van der Waals surface area contributed by atoms with Crippen molar-refractivity contribution in [2.24, 2.45) is 11.3 Å². The third-order valence-corrected chi connectivity index (χ3v) is 9.98. The van der Waals surface area contributed by atoms with Crippen LogP contribution in [0.2, 0.25) is 0 Å². The number of nitrogens with zero attached hydrogens (tertiary/aromatic N) is 1. The minimum absolute atomic E-state index is 0. The molecule has 6 atom stereocenters. The highest BCUT2D eigenvalue weighted by Crippen LogP contribution is 2.66. The van der Waals surface area contributed by atoms with Crippen LogP contribution < -0.4 is 9.47 Å². The number of ether oxygens (including phenoxy) is 2. The first kappa shape index (κ1) is 25.8. The van der Waals surface area contributed by atoms with Crippen LogP contribution in [0.1, 0.15) is 55.2 Å². The van der Waals surface area contributed by atoms with Gasteiger partial charge in [-0.25, -0.2) is 0 Å². The molecule has 1 saturated carbocycles. The van der Waals surface area contributed by atoms with E-state index in [0.717, 1.165) is 69.4 Å². The maximum absolute atomic E-state index is 11.9. The molecule has 0 radical (unpaired) electrons. The lowest BCUT2D eigenvalue weighted by Gasteiger charge is -2.62. The van der Waals surface area contributed by atoms with Crippen molar-refractivity contribution >= 4 is 12.4 Å². The second-order valence-electron chi connectivity index (χ2n) is 11.5. The number of hydrogen-bond acceptors (Lipinski definition) is 5. The highest BCUT2D eigenvalue weighted by atomic mass is 35.5. The Morgan fingerprint density at radius 1 is 1.11 bits per heavy atom. The molecule has 4 unspecified atom stereocenters. The first-order valence-corrected chi connectivity index (χ1v) is 13.4. The van der Waals surface area contributed by atoms with E-state index in [1.807, 2.05) is 6.07 Å². The first-order chi connectivity index (χ1) is 17.0. The molecule has 6 rings (SSSR count). The van der Waals surface area contributed by atoms with E-state index in [-0.39, 0.29) is 30.5 Å². The molecule has 2 aliphatic carbocycles. The maximum Gasteiger partial charge on any atom is 0.165 e. The zero-order valence-corrected chi connectivity index (χ0v) is 22.3. The van der Waals surface area contributed by atoms with E-state index in [1.54, 1.807) is 7.11 Å². The Morgan fingerprint density at radius 3 is 2.67 bits per heavy atom. The van der Waals surface area contributed by atoms with Gasteiger partial charge >= 0.3 is 0 Å². The molecule has 4 aliphatic rings. The molecular formula is C30H40ClNO4. The molecule has 0 amide bonds. The lowest BCUT2D eigenvalue weighted by atomic mass is 9.46. The van der Waals surface area contributed by atoms with E-state index in [2.05, 4.69) is 48.3 Å². The summed E-state index contributed by atoms with van der Waals surface area (Å²) in [4.78, 5) is 2.51. The number of aliphatic hydroxyl groups is 2. The van der Waals surface area contributed by atoms with Crippen molar-refractivity contribution in [1.29, 1.82) is 0 Å². The Hall–Kier alpha value is -1.79. The average Bonchev–Trinajstić information content (AvgIpc) is 3.23. The van der Waals surface area contributed by atoms with Gasteiger partial charge in [0.25, 0.3) is 0 Å². The van der Waals surface area contributed by atoms with Crippen molar-refractivity contribution in [2.45, 2.75) is 75.0 Å². The fourth-order valence-corrected chi connectivity index (χ4v) is 8.15. The van der Waals surface area contributed by atoms with Gasteiger partial charge in [-0.2, -0.15) is 0 Å². The van der Waals surface area contributed by atoms with Gasteiger partial charge in [-0.05, 0) is 75.2 Å². The van der Waals surface area contributed by atoms with Crippen LogP contribution in [0.15, 0.2) is 42.5 Å². The Labute approximate surface area is 221 Å². The zero-order valence-electron chi connectivity index (χ0n) is 21.5. The second-order valence-corrected chi connectivity index (χ2v) is 11.5. The number of likely N-dealkylation sites (tertiary alicyclic amines) is 1. The first-order valence-electron chi connectivity index (χ1n) is 13.4. The normalized spacial score (nSPS) is 33.9. The van der Waals surface area contributed by atoms with Crippen molar-refractivity contribution in [3.8, 4) is 11.5 Å². The third kappa shape index (κ3) is 3.69. The van der Waals surface area contributed by atoms with E-state index in [0.29, 0.717) is 12.0 Å². The molecular weight excluding hydrogens is 474 g/mol. The molecule has 36 heavy (non-hydrogen) atoms. The van der Waals surface area contributed by atoms with E-state index in [1.165, 1.54) is 16.7 Å². The van der Waals surface area contributed by atoms with Crippen LogP contribution in [-0.2, 0) is 18.3 Å². The Morgan fingerprint density at radius 2 is 1.92 bits per heavy atom. The average molecular weight is 514 g/mol. The van der Waals surface area contributed by atoms with Crippen molar-refractivity contribution in [3.05, 3.63) is 59.2 Å². The monoisotopic (exact) mass is 513 g/mol. The van der Waals surface area contributed by atoms with E-state index < -0.39 is 11.5 Å². The molecule has 196 valence electrons. The molecule has 5 nitrogen and oxygen atoms in total. The second kappa shape index (κ2) is 9.83. The van der Waals surface area contributed by atoms with Gasteiger partial charge in [-0.15, -0.1) is 12.4 Å². The molecule has 1 spiro atoms. The number of aliphatic hydroxyl groups excluding tert-OH is 2. The van der Waals surface area contributed by atoms with Crippen LogP contribution in [-0.4, -0.2) is 60.7 Å². The van der Waals surface area contributed by atoms with Crippen LogP contribution in [0.5, 0.6) is 11.5 Å². The van der Waals surface area contributed by atoms with Crippen molar-refractivity contribution in [2.75, 3.05) is 27.3 Å².